The topological polar surface area (TPSA) is 84.7 Å². The fourth-order valence-electron chi connectivity index (χ4n) is 1.98. The Kier molecular flexibility index (Phi) is 6.03. The number of primary amides is 1. The molecular formula is C17H18ClN3O3. The second-order valence-electron chi connectivity index (χ2n) is 4.94. The highest BCUT2D eigenvalue weighted by Gasteiger charge is 2.16. The van der Waals surface area contributed by atoms with Crippen molar-refractivity contribution in [3.63, 3.8) is 0 Å². The van der Waals surface area contributed by atoms with Crippen molar-refractivity contribution in [2.45, 2.75) is 13.5 Å². The van der Waals surface area contributed by atoms with Crippen LogP contribution >= 0.6 is 11.6 Å². The summed E-state index contributed by atoms with van der Waals surface area (Å²) in [5, 5.41) is 1.22. The highest BCUT2D eigenvalue weighted by atomic mass is 35.5. The first kappa shape index (κ1) is 17.6. The Morgan fingerprint density at radius 3 is 2.50 bits per heavy atom. The largest absolute Gasteiger partial charge is 0.489 e. The Morgan fingerprint density at radius 1 is 1.21 bits per heavy atom. The van der Waals surface area contributed by atoms with E-state index in [0.717, 1.165) is 10.6 Å². The van der Waals surface area contributed by atoms with Crippen molar-refractivity contribution in [3.05, 3.63) is 64.7 Å². The zero-order valence-electron chi connectivity index (χ0n) is 13.2. The molecule has 0 saturated heterocycles. The van der Waals surface area contributed by atoms with Crippen molar-refractivity contribution < 1.29 is 14.3 Å². The Bertz CT molecular complexity index is 722. The zero-order valence-corrected chi connectivity index (χ0v) is 13.9. The van der Waals surface area contributed by atoms with Gasteiger partial charge in [-0.1, -0.05) is 41.9 Å². The summed E-state index contributed by atoms with van der Waals surface area (Å²) in [6.07, 6.45) is 0. The van der Waals surface area contributed by atoms with Gasteiger partial charge in [-0.2, -0.15) is 0 Å². The molecule has 7 heteroatoms. The van der Waals surface area contributed by atoms with E-state index in [1.807, 2.05) is 30.3 Å². The summed E-state index contributed by atoms with van der Waals surface area (Å²) in [4.78, 5) is 23.3. The monoisotopic (exact) mass is 347 g/mol. The molecule has 0 heterocycles. The van der Waals surface area contributed by atoms with Crippen LogP contribution < -0.4 is 15.9 Å². The number of benzene rings is 2. The van der Waals surface area contributed by atoms with Crippen LogP contribution in [0.15, 0.2) is 48.5 Å². The number of nitrogens with zero attached hydrogens (tertiary/aromatic N) is 1. The number of nitrogens with two attached hydrogens (primary N) is 1. The minimum absolute atomic E-state index is 0.221. The standard InChI is InChI=1S/C17H18ClN3O3/c1-2-21(17(19)23)20-16(22)14-9-8-13(10-15(14)18)24-11-12-6-4-3-5-7-12/h3-10H,2,11H2,1H3,(H2,19,23)(H,20,22). The van der Waals surface area contributed by atoms with Crippen LogP contribution in [0.3, 0.4) is 0 Å². The molecule has 0 aromatic heterocycles. The lowest BCUT2D eigenvalue weighted by molar-refractivity contribution is 0.0839. The van der Waals surface area contributed by atoms with Crippen LogP contribution in [0.4, 0.5) is 4.79 Å². The highest BCUT2D eigenvalue weighted by Crippen LogP contribution is 2.23. The van der Waals surface area contributed by atoms with Gasteiger partial charge < -0.3 is 10.5 Å². The maximum absolute atomic E-state index is 12.1. The molecule has 6 nitrogen and oxygen atoms in total. The SMILES string of the molecule is CCN(NC(=O)c1ccc(OCc2ccccc2)cc1Cl)C(N)=O. The predicted octanol–water partition coefficient (Wildman–Crippen LogP) is 2.96. The van der Waals surface area contributed by atoms with E-state index in [4.69, 9.17) is 22.1 Å². The molecule has 0 fully saturated rings. The highest BCUT2D eigenvalue weighted by molar-refractivity contribution is 6.34. The number of ether oxygens (including phenoxy) is 1. The lowest BCUT2D eigenvalue weighted by Crippen LogP contribution is -2.48. The van der Waals surface area contributed by atoms with E-state index in [1.165, 1.54) is 6.07 Å². The fourth-order valence-corrected chi connectivity index (χ4v) is 2.24. The molecule has 126 valence electrons. The van der Waals surface area contributed by atoms with E-state index >= 15 is 0 Å². The molecule has 2 aromatic carbocycles. The molecular weight excluding hydrogens is 330 g/mol. The lowest BCUT2D eigenvalue weighted by Gasteiger charge is -2.19. The minimum atomic E-state index is -0.746. The van der Waals surface area contributed by atoms with Gasteiger partial charge in [0.1, 0.15) is 12.4 Å². The van der Waals surface area contributed by atoms with E-state index < -0.39 is 11.9 Å². The van der Waals surface area contributed by atoms with Crippen LogP contribution in [0.25, 0.3) is 0 Å². The van der Waals surface area contributed by atoms with Crippen LogP contribution in [0.5, 0.6) is 5.75 Å². The van der Waals surface area contributed by atoms with Gasteiger partial charge in [0.25, 0.3) is 5.91 Å². The summed E-state index contributed by atoms with van der Waals surface area (Å²) in [5.41, 5.74) is 8.79. The van der Waals surface area contributed by atoms with Crippen molar-refractivity contribution in [2.75, 3.05) is 6.54 Å². The second-order valence-corrected chi connectivity index (χ2v) is 5.35. The van der Waals surface area contributed by atoms with Gasteiger partial charge in [0.15, 0.2) is 0 Å². The van der Waals surface area contributed by atoms with Gasteiger partial charge in [0.2, 0.25) is 0 Å². The minimum Gasteiger partial charge on any atom is -0.489 e. The van der Waals surface area contributed by atoms with Crippen LogP contribution in [0.2, 0.25) is 5.02 Å². The Morgan fingerprint density at radius 2 is 1.92 bits per heavy atom. The van der Waals surface area contributed by atoms with Gasteiger partial charge in [-0.3, -0.25) is 10.2 Å². The number of amides is 3. The van der Waals surface area contributed by atoms with Crippen LogP contribution in [0, 0.1) is 0 Å². The summed E-state index contributed by atoms with van der Waals surface area (Å²) in [5.74, 6) is 0.0258. The molecule has 0 aliphatic heterocycles. The molecule has 24 heavy (non-hydrogen) atoms. The maximum Gasteiger partial charge on any atom is 0.333 e. The summed E-state index contributed by atoms with van der Waals surface area (Å²) in [6, 6.07) is 13.7. The normalized spacial score (nSPS) is 10.1. The summed E-state index contributed by atoms with van der Waals surface area (Å²) in [6.45, 7) is 2.33. The quantitative estimate of drug-likeness (QED) is 0.815. The summed E-state index contributed by atoms with van der Waals surface area (Å²) >= 11 is 6.14. The smallest absolute Gasteiger partial charge is 0.333 e. The molecule has 0 aliphatic rings. The third-order valence-electron chi connectivity index (χ3n) is 3.25. The van der Waals surface area contributed by atoms with E-state index in [9.17, 15) is 9.59 Å². The first-order valence-electron chi connectivity index (χ1n) is 7.35. The predicted molar refractivity (Wildman–Crippen MR) is 91.7 cm³/mol. The van der Waals surface area contributed by atoms with E-state index in [2.05, 4.69) is 5.43 Å². The fraction of sp³-hybridized carbons (Fsp3) is 0.176. The van der Waals surface area contributed by atoms with Crippen LogP contribution in [0.1, 0.15) is 22.8 Å². The third kappa shape index (κ3) is 4.63. The van der Waals surface area contributed by atoms with E-state index in [0.29, 0.717) is 12.4 Å². The Balaban J connectivity index is 2.03. The van der Waals surface area contributed by atoms with Gasteiger partial charge >= 0.3 is 6.03 Å². The number of hydrazine groups is 1. The van der Waals surface area contributed by atoms with Crippen molar-refractivity contribution >= 4 is 23.5 Å². The van der Waals surface area contributed by atoms with E-state index in [-0.39, 0.29) is 17.1 Å². The molecule has 3 amide bonds. The third-order valence-corrected chi connectivity index (χ3v) is 3.56. The molecule has 0 saturated carbocycles. The van der Waals surface area contributed by atoms with E-state index in [1.54, 1.807) is 19.1 Å². The van der Waals surface area contributed by atoms with Crippen molar-refractivity contribution in [3.8, 4) is 5.75 Å². The summed E-state index contributed by atoms with van der Waals surface area (Å²) < 4.78 is 5.65. The summed E-state index contributed by atoms with van der Waals surface area (Å²) in [7, 11) is 0. The molecule has 0 unspecified atom stereocenters. The Labute approximate surface area is 145 Å². The number of rotatable bonds is 5. The number of hydrogen-bond donors (Lipinski definition) is 2. The first-order chi connectivity index (χ1) is 11.5. The number of hydrogen-bond acceptors (Lipinski definition) is 3. The first-order valence-corrected chi connectivity index (χ1v) is 7.73. The molecule has 2 rings (SSSR count). The van der Waals surface area contributed by atoms with Crippen molar-refractivity contribution in [2.24, 2.45) is 5.73 Å². The zero-order chi connectivity index (χ0) is 17.5. The number of nitrogens with one attached hydrogen (secondary N) is 1. The molecule has 0 spiro atoms. The number of carbonyl (C=O) groups is 2. The molecule has 3 N–H and O–H groups in total. The number of urea groups is 1. The van der Waals surface area contributed by atoms with Crippen molar-refractivity contribution in [1.29, 1.82) is 0 Å². The maximum atomic E-state index is 12.1. The number of halogens is 1. The molecule has 0 aliphatic carbocycles. The van der Waals surface area contributed by atoms with Gasteiger partial charge in [-0.15, -0.1) is 0 Å². The molecule has 0 bridgehead atoms. The van der Waals surface area contributed by atoms with Gasteiger partial charge in [-0.05, 0) is 30.7 Å². The second kappa shape index (κ2) is 8.21. The molecule has 2 aromatic rings. The van der Waals surface area contributed by atoms with Gasteiger partial charge in [0, 0.05) is 6.54 Å². The lowest BCUT2D eigenvalue weighted by atomic mass is 10.2. The number of carbonyl (C=O) groups excluding carboxylic acids is 2. The van der Waals surface area contributed by atoms with Crippen LogP contribution in [-0.2, 0) is 6.61 Å². The van der Waals surface area contributed by atoms with Crippen LogP contribution in [-0.4, -0.2) is 23.5 Å². The average Bonchev–Trinajstić information content (AvgIpc) is 2.58. The van der Waals surface area contributed by atoms with Crippen molar-refractivity contribution in [1.82, 2.24) is 10.4 Å². The van der Waals surface area contributed by atoms with Gasteiger partial charge in [-0.25, -0.2) is 9.80 Å². The molecule has 0 radical (unpaired) electrons. The molecule has 0 atom stereocenters. The van der Waals surface area contributed by atoms with Gasteiger partial charge in [0.05, 0.1) is 10.6 Å². The Hall–Kier alpha value is -2.73. The average molecular weight is 348 g/mol.